The lowest BCUT2D eigenvalue weighted by Gasteiger charge is -2.38. The molecule has 0 radical (unpaired) electrons. The van der Waals surface area contributed by atoms with Crippen LogP contribution in [0.15, 0.2) is 29.3 Å². The van der Waals surface area contributed by atoms with Crippen molar-refractivity contribution in [2.75, 3.05) is 52.9 Å². The maximum absolute atomic E-state index is 14.2. The number of carbonyl (C=O) groups excluding carboxylic acids is 1. The molecule has 172 valence electrons. The topological polar surface area (TPSA) is 60.0 Å². The Bertz CT molecular complexity index is 773. The van der Waals surface area contributed by atoms with Crippen molar-refractivity contribution in [3.63, 3.8) is 0 Å². The predicted octanol–water partition coefficient (Wildman–Crippen LogP) is 2.58. The molecule has 0 bridgehead atoms. The van der Waals surface area contributed by atoms with E-state index >= 15 is 0 Å². The number of nitrogens with one attached hydrogen (secondary N) is 2. The van der Waals surface area contributed by atoms with Crippen molar-refractivity contribution in [3.8, 4) is 0 Å². The van der Waals surface area contributed by atoms with Gasteiger partial charge >= 0.3 is 0 Å². The number of halogens is 2. The van der Waals surface area contributed by atoms with E-state index in [2.05, 4.69) is 20.5 Å². The van der Waals surface area contributed by atoms with Crippen molar-refractivity contribution in [1.29, 1.82) is 0 Å². The lowest BCUT2D eigenvalue weighted by molar-refractivity contribution is -0.139. The van der Waals surface area contributed by atoms with Gasteiger partial charge in [0, 0.05) is 64.2 Å². The number of benzene rings is 1. The molecular formula is C23H35FIN5O. The van der Waals surface area contributed by atoms with Crippen LogP contribution < -0.4 is 10.6 Å². The second kappa shape index (κ2) is 10.9. The fraction of sp³-hybridized carbons (Fsp3) is 0.652. The van der Waals surface area contributed by atoms with E-state index in [1.807, 2.05) is 17.0 Å². The van der Waals surface area contributed by atoms with Crippen molar-refractivity contribution in [2.24, 2.45) is 10.9 Å². The first kappa shape index (κ1) is 24.2. The molecule has 1 saturated heterocycles. The van der Waals surface area contributed by atoms with Gasteiger partial charge < -0.3 is 15.5 Å². The van der Waals surface area contributed by atoms with E-state index in [-0.39, 0.29) is 35.2 Å². The summed E-state index contributed by atoms with van der Waals surface area (Å²) >= 11 is 0. The van der Waals surface area contributed by atoms with Crippen molar-refractivity contribution in [3.05, 3.63) is 35.6 Å². The average Bonchev–Trinajstić information content (AvgIpc) is 3.51. The summed E-state index contributed by atoms with van der Waals surface area (Å²) in [5.74, 6) is 1.31. The summed E-state index contributed by atoms with van der Waals surface area (Å²) in [6, 6.07) is 7.09. The first-order valence-electron chi connectivity index (χ1n) is 11.3. The number of guanidine groups is 1. The zero-order valence-corrected chi connectivity index (χ0v) is 20.7. The van der Waals surface area contributed by atoms with Crippen LogP contribution in [0.2, 0.25) is 0 Å². The molecule has 1 aromatic carbocycles. The van der Waals surface area contributed by atoms with Crippen LogP contribution in [-0.2, 0) is 10.2 Å². The molecule has 1 aromatic rings. The Morgan fingerprint density at radius 2 is 1.87 bits per heavy atom. The second-order valence-electron chi connectivity index (χ2n) is 8.91. The number of nitrogens with zero attached hydrogens (tertiary/aromatic N) is 3. The number of carbonyl (C=O) groups is 1. The van der Waals surface area contributed by atoms with E-state index in [0.29, 0.717) is 18.4 Å². The molecule has 3 fully saturated rings. The molecule has 31 heavy (non-hydrogen) atoms. The Kier molecular flexibility index (Phi) is 8.55. The number of rotatable bonds is 7. The zero-order valence-electron chi connectivity index (χ0n) is 18.4. The van der Waals surface area contributed by atoms with Gasteiger partial charge in [-0.05, 0) is 37.3 Å². The first-order chi connectivity index (χ1) is 14.6. The lowest BCUT2D eigenvalue weighted by Crippen LogP contribution is -2.52. The second-order valence-corrected chi connectivity index (χ2v) is 8.91. The van der Waals surface area contributed by atoms with Crippen LogP contribution in [0.4, 0.5) is 4.39 Å². The first-order valence-corrected chi connectivity index (χ1v) is 11.3. The smallest absolute Gasteiger partial charge is 0.225 e. The van der Waals surface area contributed by atoms with Gasteiger partial charge in [0.1, 0.15) is 5.82 Å². The van der Waals surface area contributed by atoms with Crippen LogP contribution in [0.5, 0.6) is 0 Å². The molecule has 6 nitrogen and oxygen atoms in total. The van der Waals surface area contributed by atoms with E-state index < -0.39 is 0 Å². The van der Waals surface area contributed by atoms with Gasteiger partial charge in [0.15, 0.2) is 5.96 Å². The Hall–Kier alpha value is -1.42. The number of piperazine rings is 1. The van der Waals surface area contributed by atoms with Crippen LogP contribution in [-0.4, -0.2) is 74.5 Å². The SMILES string of the molecule is CN=C(NCCN1CCN(C(=O)C2CCC2)CC1)NCC1(c2ccccc2F)CC1.I. The molecular weight excluding hydrogens is 508 g/mol. The number of hydrogen-bond donors (Lipinski definition) is 2. The minimum absolute atomic E-state index is 0. The Balaban J connectivity index is 0.00000272. The molecule has 1 amide bonds. The highest BCUT2D eigenvalue weighted by Gasteiger charge is 2.45. The molecule has 4 rings (SSSR count). The molecule has 2 saturated carbocycles. The molecule has 3 aliphatic rings. The highest BCUT2D eigenvalue weighted by atomic mass is 127. The van der Waals surface area contributed by atoms with Gasteiger partial charge in [-0.25, -0.2) is 4.39 Å². The summed E-state index contributed by atoms with van der Waals surface area (Å²) in [5, 5.41) is 6.76. The Morgan fingerprint density at radius 1 is 1.16 bits per heavy atom. The van der Waals surface area contributed by atoms with Gasteiger partial charge in [0.25, 0.3) is 0 Å². The standard InChI is InChI=1S/C23H34FN5O.HI/c1-25-22(27-17-23(9-10-23)19-7-2-3-8-20(19)24)26-11-12-28-13-15-29(16-14-28)21(30)18-5-4-6-18;/h2-3,7-8,18H,4-6,9-17H2,1H3,(H2,25,26,27);1H. The fourth-order valence-corrected chi connectivity index (χ4v) is 4.49. The van der Waals surface area contributed by atoms with E-state index in [0.717, 1.165) is 76.5 Å². The number of amides is 1. The monoisotopic (exact) mass is 543 g/mol. The van der Waals surface area contributed by atoms with E-state index in [9.17, 15) is 9.18 Å². The minimum Gasteiger partial charge on any atom is -0.356 e. The van der Waals surface area contributed by atoms with Crippen LogP contribution >= 0.6 is 24.0 Å². The van der Waals surface area contributed by atoms with Crippen LogP contribution in [0.25, 0.3) is 0 Å². The molecule has 2 aliphatic carbocycles. The molecule has 1 aliphatic heterocycles. The highest BCUT2D eigenvalue weighted by molar-refractivity contribution is 14.0. The quantitative estimate of drug-likeness (QED) is 0.316. The number of hydrogen-bond acceptors (Lipinski definition) is 3. The van der Waals surface area contributed by atoms with Crippen LogP contribution in [0.3, 0.4) is 0 Å². The van der Waals surface area contributed by atoms with Gasteiger partial charge in [-0.1, -0.05) is 24.6 Å². The predicted molar refractivity (Wildman–Crippen MR) is 132 cm³/mol. The third kappa shape index (κ3) is 5.88. The van der Waals surface area contributed by atoms with E-state index in [1.165, 1.54) is 6.42 Å². The summed E-state index contributed by atoms with van der Waals surface area (Å²) in [5.41, 5.74) is 0.703. The van der Waals surface area contributed by atoms with Crippen molar-refractivity contribution >= 4 is 35.8 Å². The average molecular weight is 543 g/mol. The summed E-state index contributed by atoms with van der Waals surface area (Å²) in [6.07, 6.45) is 5.36. The molecule has 1 heterocycles. The Morgan fingerprint density at radius 3 is 2.45 bits per heavy atom. The summed E-state index contributed by atoms with van der Waals surface area (Å²) in [4.78, 5) is 21.1. The maximum Gasteiger partial charge on any atom is 0.225 e. The Labute approximate surface area is 202 Å². The summed E-state index contributed by atoms with van der Waals surface area (Å²) in [7, 11) is 1.77. The highest BCUT2D eigenvalue weighted by Crippen LogP contribution is 2.48. The third-order valence-corrected chi connectivity index (χ3v) is 6.98. The van der Waals surface area contributed by atoms with E-state index in [1.54, 1.807) is 19.2 Å². The van der Waals surface area contributed by atoms with Gasteiger partial charge in [0.2, 0.25) is 5.91 Å². The van der Waals surface area contributed by atoms with Gasteiger partial charge in [-0.2, -0.15) is 0 Å². The fourth-order valence-electron chi connectivity index (χ4n) is 4.49. The maximum atomic E-state index is 14.2. The minimum atomic E-state index is -0.116. The van der Waals surface area contributed by atoms with E-state index in [4.69, 9.17) is 0 Å². The molecule has 0 spiro atoms. The van der Waals surface area contributed by atoms with Gasteiger partial charge in [-0.15, -0.1) is 24.0 Å². The lowest BCUT2D eigenvalue weighted by atomic mass is 9.84. The van der Waals surface area contributed by atoms with Crippen LogP contribution in [0.1, 0.15) is 37.7 Å². The van der Waals surface area contributed by atoms with Gasteiger partial charge in [-0.3, -0.25) is 14.7 Å². The summed E-state index contributed by atoms with van der Waals surface area (Å²) < 4.78 is 14.2. The molecule has 8 heteroatoms. The summed E-state index contributed by atoms with van der Waals surface area (Å²) in [6.45, 7) is 5.95. The van der Waals surface area contributed by atoms with Crippen molar-refractivity contribution in [1.82, 2.24) is 20.4 Å². The molecule has 0 atom stereocenters. The van der Waals surface area contributed by atoms with Crippen molar-refractivity contribution < 1.29 is 9.18 Å². The molecule has 0 unspecified atom stereocenters. The largest absolute Gasteiger partial charge is 0.356 e. The van der Waals surface area contributed by atoms with Gasteiger partial charge in [0.05, 0.1) is 0 Å². The molecule has 2 N–H and O–H groups in total. The van der Waals surface area contributed by atoms with Crippen molar-refractivity contribution in [2.45, 2.75) is 37.5 Å². The van der Waals surface area contributed by atoms with Crippen LogP contribution in [0, 0.1) is 11.7 Å². The molecule has 0 aromatic heterocycles. The zero-order chi connectivity index (χ0) is 21.0. The normalized spacial score (nSPS) is 21.1. The number of aliphatic imine (C=N–C) groups is 1. The third-order valence-electron chi connectivity index (χ3n) is 6.98.